The highest BCUT2D eigenvalue weighted by Gasteiger charge is 2.37. The lowest BCUT2D eigenvalue weighted by Crippen LogP contribution is -2.49. The summed E-state index contributed by atoms with van der Waals surface area (Å²) in [7, 11) is 3.20. The number of benzene rings is 3. The fourth-order valence-corrected chi connectivity index (χ4v) is 4.93. The summed E-state index contributed by atoms with van der Waals surface area (Å²) in [5, 5.41) is 3.10. The standard InChI is InChI=1S/C29H31F6N3O2/c1-39-24-8-9-25(27(17-24)40-2)37-10-12-38(13-11-37)26(21-6-4-3-5-7-21)19-36-18-20-14-22(28(30,31)32)16-23(15-20)29(33,34)35/h3-9,14-17,26,36H,10-13,18-19H2,1-2H3. The molecule has 0 aliphatic carbocycles. The van der Waals surface area contributed by atoms with Crippen LogP contribution in [0.2, 0.25) is 0 Å². The van der Waals surface area contributed by atoms with Crippen molar-refractivity contribution in [1.82, 2.24) is 10.2 Å². The van der Waals surface area contributed by atoms with E-state index in [0.29, 0.717) is 44.2 Å². The zero-order chi connectivity index (χ0) is 28.9. The molecule has 0 aromatic heterocycles. The van der Waals surface area contributed by atoms with Gasteiger partial charge in [0.15, 0.2) is 0 Å². The minimum absolute atomic E-state index is 0.0784. The number of hydrogen-bond acceptors (Lipinski definition) is 5. The Kier molecular flexibility index (Phi) is 9.15. The molecule has 1 aliphatic heterocycles. The lowest BCUT2D eigenvalue weighted by atomic mass is 10.0. The summed E-state index contributed by atoms with van der Waals surface area (Å²) in [6.07, 6.45) is -9.76. The smallest absolute Gasteiger partial charge is 0.416 e. The van der Waals surface area contributed by atoms with Gasteiger partial charge in [-0.15, -0.1) is 0 Å². The van der Waals surface area contributed by atoms with Gasteiger partial charge in [0.05, 0.1) is 31.0 Å². The number of hydrogen-bond donors (Lipinski definition) is 1. The third-order valence-electron chi connectivity index (χ3n) is 6.98. The first kappa shape index (κ1) is 29.5. The van der Waals surface area contributed by atoms with E-state index in [0.717, 1.165) is 23.4 Å². The molecule has 1 saturated heterocycles. The van der Waals surface area contributed by atoms with E-state index in [1.54, 1.807) is 14.2 Å². The predicted octanol–water partition coefficient (Wildman–Crippen LogP) is 6.39. The molecule has 40 heavy (non-hydrogen) atoms. The van der Waals surface area contributed by atoms with E-state index in [1.165, 1.54) is 0 Å². The Hall–Kier alpha value is -3.44. The maximum Gasteiger partial charge on any atom is 0.416 e. The van der Waals surface area contributed by atoms with Gasteiger partial charge in [0.25, 0.3) is 0 Å². The first-order valence-electron chi connectivity index (χ1n) is 12.7. The SMILES string of the molecule is COc1ccc(N2CCN(C(CNCc3cc(C(F)(F)F)cc(C(F)(F)F)c3)c3ccccc3)CC2)c(OC)c1. The third kappa shape index (κ3) is 7.19. The summed E-state index contributed by atoms with van der Waals surface area (Å²) < 4.78 is 90.5. The van der Waals surface area contributed by atoms with Crippen molar-refractivity contribution in [2.24, 2.45) is 0 Å². The molecule has 0 spiro atoms. The summed E-state index contributed by atoms with van der Waals surface area (Å²) in [6.45, 7) is 2.99. The van der Waals surface area contributed by atoms with Gasteiger partial charge >= 0.3 is 12.4 Å². The normalized spacial score (nSPS) is 15.7. The summed E-state index contributed by atoms with van der Waals surface area (Å²) in [6, 6.07) is 16.8. The van der Waals surface area contributed by atoms with Crippen molar-refractivity contribution in [3.8, 4) is 11.5 Å². The molecule has 3 aromatic rings. The van der Waals surface area contributed by atoms with Crippen molar-refractivity contribution >= 4 is 5.69 Å². The third-order valence-corrected chi connectivity index (χ3v) is 6.98. The Morgan fingerprint density at radius 3 is 1.95 bits per heavy atom. The molecule has 1 atom stereocenters. The fourth-order valence-electron chi connectivity index (χ4n) is 4.93. The molecule has 1 N–H and O–H groups in total. The molecule has 0 radical (unpaired) electrons. The number of alkyl halides is 6. The number of nitrogens with one attached hydrogen (secondary N) is 1. The molecular weight excluding hydrogens is 536 g/mol. The Morgan fingerprint density at radius 1 is 0.775 bits per heavy atom. The highest BCUT2D eigenvalue weighted by molar-refractivity contribution is 5.61. The van der Waals surface area contributed by atoms with Crippen LogP contribution in [0.15, 0.2) is 66.7 Å². The van der Waals surface area contributed by atoms with Crippen molar-refractivity contribution in [2.75, 3.05) is 51.8 Å². The van der Waals surface area contributed by atoms with Crippen LogP contribution in [0, 0.1) is 0 Å². The molecular formula is C29H31F6N3O2. The van der Waals surface area contributed by atoms with Crippen LogP contribution in [0.25, 0.3) is 0 Å². The largest absolute Gasteiger partial charge is 0.497 e. The highest BCUT2D eigenvalue weighted by Crippen LogP contribution is 2.37. The van der Waals surface area contributed by atoms with Gasteiger partial charge in [-0.1, -0.05) is 30.3 Å². The zero-order valence-corrected chi connectivity index (χ0v) is 22.1. The predicted molar refractivity (Wildman–Crippen MR) is 141 cm³/mol. The Labute approximate surface area is 229 Å². The van der Waals surface area contributed by atoms with Crippen molar-refractivity contribution in [2.45, 2.75) is 24.9 Å². The van der Waals surface area contributed by atoms with E-state index in [9.17, 15) is 26.3 Å². The Bertz CT molecular complexity index is 1230. The van der Waals surface area contributed by atoms with Crippen molar-refractivity contribution < 1.29 is 35.8 Å². The zero-order valence-electron chi connectivity index (χ0n) is 22.1. The topological polar surface area (TPSA) is 37.0 Å². The number of methoxy groups -OCH3 is 2. The number of nitrogens with zero attached hydrogens (tertiary/aromatic N) is 2. The number of rotatable bonds is 9. The second-order valence-electron chi connectivity index (χ2n) is 9.53. The van der Waals surface area contributed by atoms with E-state index < -0.39 is 23.5 Å². The van der Waals surface area contributed by atoms with Gasteiger partial charge in [-0.05, 0) is 41.5 Å². The number of piperazine rings is 1. The minimum atomic E-state index is -4.88. The Balaban J connectivity index is 1.47. The first-order valence-corrected chi connectivity index (χ1v) is 12.7. The maximum absolute atomic E-state index is 13.3. The molecule has 1 unspecified atom stereocenters. The number of anilines is 1. The lowest BCUT2D eigenvalue weighted by molar-refractivity contribution is -0.143. The summed E-state index contributed by atoms with van der Waals surface area (Å²) in [5.74, 6) is 1.39. The second-order valence-corrected chi connectivity index (χ2v) is 9.53. The lowest BCUT2D eigenvalue weighted by Gasteiger charge is -2.41. The molecule has 1 fully saturated rings. The molecule has 0 saturated carbocycles. The fraction of sp³-hybridized carbons (Fsp3) is 0.379. The van der Waals surface area contributed by atoms with Gasteiger partial charge in [0.2, 0.25) is 0 Å². The molecule has 11 heteroatoms. The van der Waals surface area contributed by atoms with Crippen LogP contribution in [-0.4, -0.2) is 51.8 Å². The number of halogens is 6. The van der Waals surface area contributed by atoms with Crippen LogP contribution in [0.3, 0.4) is 0 Å². The van der Waals surface area contributed by atoms with Crippen LogP contribution in [0.1, 0.15) is 28.3 Å². The van der Waals surface area contributed by atoms with Gasteiger partial charge in [-0.25, -0.2) is 0 Å². The molecule has 1 heterocycles. The van der Waals surface area contributed by atoms with Gasteiger partial charge in [0, 0.05) is 51.4 Å². The van der Waals surface area contributed by atoms with E-state index >= 15 is 0 Å². The maximum atomic E-state index is 13.3. The average Bonchev–Trinajstić information content (AvgIpc) is 2.94. The monoisotopic (exact) mass is 567 g/mol. The molecule has 5 nitrogen and oxygen atoms in total. The molecule has 4 rings (SSSR count). The van der Waals surface area contributed by atoms with E-state index in [2.05, 4.69) is 15.1 Å². The summed E-state index contributed by atoms with van der Waals surface area (Å²) in [5.41, 5.74) is -0.758. The van der Waals surface area contributed by atoms with Gasteiger partial charge < -0.3 is 19.7 Å². The molecule has 216 valence electrons. The van der Waals surface area contributed by atoms with Crippen molar-refractivity contribution in [3.63, 3.8) is 0 Å². The molecule has 1 aliphatic rings. The van der Waals surface area contributed by atoms with Crippen LogP contribution in [-0.2, 0) is 18.9 Å². The quantitative estimate of drug-likeness (QED) is 0.303. The average molecular weight is 568 g/mol. The van der Waals surface area contributed by atoms with E-state index in [1.807, 2.05) is 48.5 Å². The molecule has 0 amide bonds. The van der Waals surface area contributed by atoms with E-state index in [4.69, 9.17) is 9.47 Å². The summed E-state index contributed by atoms with van der Waals surface area (Å²) in [4.78, 5) is 4.48. The second kappa shape index (κ2) is 12.4. The van der Waals surface area contributed by atoms with Crippen molar-refractivity contribution in [3.05, 3.63) is 89.0 Å². The molecule has 0 bridgehead atoms. The van der Waals surface area contributed by atoms with Crippen LogP contribution in [0.4, 0.5) is 32.0 Å². The van der Waals surface area contributed by atoms with Crippen LogP contribution in [0.5, 0.6) is 11.5 Å². The van der Waals surface area contributed by atoms with Gasteiger partial charge in [-0.3, -0.25) is 4.90 Å². The minimum Gasteiger partial charge on any atom is -0.497 e. The first-order chi connectivity index (χ1) is 19.0. The molecule has 3 aromatic carbocycles. The van der Waals surface area contributed by atoms with Crippen LogP contribution >= 0.6 is 0 Å². The van der Waals surface area contributed by atoms with Gasteiger partial charge in [-0.2, -0.15) is 26.3 Å². The highest BCUT2D eigenvalue weighted by atomic mass is 19.4. The summed E-state index contributed by atoms with van der Waals surface area (Å²) >= 11 is 0. The van der Waals surface area contributed by atoms with Crippen molar-refractivity contribution in [1.29, 1.82) is 0 Å². The number of ether oxygens (including phenoxy) is 2. The van der Waals surface area contributed by atoms with Crippen LogP contribution < -0.4 is 19.7 Å². The van der Waals surface area contributed by atoms with E-state index in [-0.39, 0.29) is 24.2 Å². The van der Waals surface area contributed by atoms with Gasteiger partial charge in [0.1, 0.15) is 11.5 Å². The Morgan fingerprint density at radius 2 is 1.40 bits per heavy atom.